The molecular weight excluding hydrogens is 432 g/mol. The lowest BCUT2D eigenvalue weighted by Gasteiger charge is -2.12. The second-order valence-electron chi connectivity index (χ2n) is 6.21. The lowest BCUT2D eigenvalue weighted by atomic mass is 10.1. The van der Waals surface area contributed by atoms with E-state index < -0.39 is 11.9 Å². The van der Waals surface area contributed by atoms with Crippen molar-refractivity contribution in [3.63, 3.8) is 0 Å². The molecule has 2 aromatic carbocycles. The quantitative estimate of drug-likeness (QED) is 0.298. The van der Waals surface area contributed by atoms with Gasteiger partial charge in [-0.3, -0.25) is 10.1 Å². The molecular formula is C22H18N4O5S. The van der Waals surface area contributed by atoms with Gasteiger partial charge in [0.05, 0.1) is 37.0 Å². The molecule has 10 heteroatoms. The van der Waals surface area contributed by atoms with Crippen LogP contribution in [0.2, 0.25) is 0 Å². The second kappa shape index (κ2) is 10.8. The first-order chi connectivity index (χ1) is 15.5. The van der Waals surface area contributed by atoms with Gasteiger partial charge in [0.25, 0.3) is 5.91 Å². The van der Waals surface area contributed by atoms with Crippen LogP contribution in [0, 0.1) is 11.3 Å². The number of nitrogens with one attached hydrogen (secondary N) is 1. The number of amides is 1. The van der Waals surface area contributed by atoms with E-state index >= 15 is 0 Å². The second-order valence-corrected chi connectivity index (χ2v) is 7.24. The van der Waals surface area contributed by atoms with Crippen LogP contribution >= 0.6 is 11.8 Å². The smallest absolute Gasteiger partial charge is 0.331 e. The molecule has 1 N–H and O–H groups in total. The molecule has 0 radical (unpaired) electrons. The van der Waals surface area contributed by atoms with Gasteiger partial charge in [0, 0.05) is 11.6 Å². The van der Waals surface area contributed by atoms with Gasteiger partial charge < -0.3 is 14.2 Å². The minimum Gasteiger partial charge on any atom is -0.493 e. The molecule has 2 aromatic rings. The maximum absolute atomic E-state index is 11.8. The van der Waals surface area contributed by atoms with Crippen LogP contribution in [-0.2, 0) is 20.9 Å². The summed E-state index contributed by atoms with van der Waals surface area (Å²) < 4.78 is 15.7. The Morgan fingerprint density at radius 3 is 2.78 bits per heavy atom. The van der Waals surface area contributed by atoms with Crippen LogP contribution in [0.15, 0.2) is 63.6 Å². The third kappa shape index (κ3) is 5.74. The first-order valence-electron chi connectivity index (χ1n) is 9.22. The molecule has 32 heavy (non-hydrogen) atoms. The van der Waals surface area contributed by atoms with E-state index in [1.54, 1.807) is 30.3 Å². The lowest BCUT2D eigenvalue weighted by molar-refractivity contribution is -0.135. The fourth-order valence-electron chi connectivity index (χ4n) is 2.58. The number of thioether (sulfide) groups is 1. The number of nitrogens with zero attached hydrogens (tertiary/aromatic N) is 3. The minimum atomic E-state index is -0.627. The highest BCUT2D eigenvalue weighted by Crippen LogP contribution is 2.29. The summed E-state index contributed by atoms with van der Waals surface area (Å²) >= 11 is 0.983. The highest BCUT2D eigenvalue weighted by molar-refractivity contribution is 8.18. The summed E-state index contributed by atoms with van der Waals surface area (Å²) in [7, 11) is 2.75. The molecule has 1 fully saturated rings. The van der Waals surface area contributed by atoms with Crippen molar-refractivity contribution < 1.29 is 23.8 Å². The Bertz CT molecular complexity index is 1170. The fourth-order valence-corrected chi connectivity index (χ4v) is 3.32. The largest absolute Gasteiger partial charge is 0.493 e. The van der Waals surface area contributed by atoms with Gasteiger partial charge in [-0.1, -0.05) is 18.2 Å². The number of methoxy groups -OCH3 is 2. The average Bonchev–Trinajstić information content (AvgIpc) is 3.16. The molecule has 0 bridgehead atoms. The van der Waals surface area contributed by atoms with Gasteiger partial charge in [-0.25, -0.2) is 4.79 Å². The number of carbonyl (C=O) groups is 2. The molecule has 1 amide bonds. The summed E-state index contributed by atoms with van der Waals surface area (Å²) in [6.45, 7) is 0.222. The zero-order valence-corrected chi connectivity index (χ0v) is 18.0. The molecule has 162 valence electrons. The first kappa shape index (κ1) is 22.6. The highest BCUT2D eigenvalue weighted by Gasteiger charge is 2.25. The number of carbonyl (C=O) groups excluding carboxylic acids is 2. The summed E-state index contributed by atoms with van der Waals surface area (Å²) in [4.78, 5) is 23.2. The van der Waals surface area contributed by atoms with E-state index in [0.29, 0.717) is 22.6 Å². The number of benzene rings is 2. The number of ether oxygens (including phenoxy) is 3. The summed E-state index contributed by atoms with van der Waals surface area (Å²) in [5.41, 5.74) is 2.02. The molecule has 0 unspecified atom stereocenters. The van der Waals surface area contributed by atoms with Crippen LogP contribution in [0.4, 0.5) is 0 Å². The van der Waals surface area contributed by atoms with E-state index in [-0.39, 0.29) is 16.7 Å². The maximum atomic E-state index is 11.8. The van der Waals surface area contributed by atoms with Crippen LogP contribution in [-0.4, -0.2) is 37.5 Å². The summed E-state index contributed by atoms with van der Waals surface area (Å²) in [5, 5.41) is 19.9. The van der Waals surface area contributed by atoms with Crippen LogP contribution in [0.5, 0.6) is 11.5 Å². The Balaban J connectivity index is 1.67. The predicted molar refractivity (Wildman–Crippen MR) is 119 cm³/mol. The number of amidine groups is 1. The van der Waals surface area contributed by atoms with E-state index in [9.17, 15) is 14.9 Å². The van der Waals surface area contributed by atoms with E-state index in [1.807, 2.05) is 12.1 Å². The van der Waals surface area contributed by atoms with E-state index in [4.69, 9.17) is 9.47 Å². The zero-order valence-electron chi connectivity index (χ0n) is 17.2. The topological polar surface area (TPSA) is 122 Å². The van der Waals surface area contributed by atoms with Gasteiger partial charge in [-0.05, 0) is 41.6 Å². The molecule has 0 aliphatic carbocycles. The number of rotatable bonds is 7. The van der Waals surface area contributed by atoms with Crippen molar-refractivity contribution in [1.29, 1.82) is 5.26 Å². The molecule has 1 heterocycles. The van der Waals surface area contributed by atoms with Crippen molar-refractivity contribution in [3.8, 4) is 17.6 Å². The van der Waals surface area contributed by atoms with Crippen molar-refractivity contribution in [3.05, 3.63) is 70.1 Å². The van der Waals surface area contributed by atoms with E-state index in [1.165, 1.54) is 20.4 Å². The highest BCUT2D eigenvalue weighted by atomic mass is 32.2. The zero-order chi connectivity index (χ0) is 22.9. The van der Waals surface area contributed by atoms with Crippen molar-refractivity contribution in [2.45, 2.75) is 6.61 Å². The van der Waals surface area contributed by atoms with Crippen LogP contribution < -0.4 is 14.8 Å². The first-order valence-corrected chi connectivity index (χ1v) is 10.0. The van der Waals surface area contributed by atoms with Crippen molar-refractivity contribution in [2.75, 3.05) is 14.2 Å². The van der Waals surface area contributed by atoms with E-state index in [0.717, 1.165) is 23.4 Å². The summed E-state index contributed by atoms with van der Waals surface area (Å²) in [6.07, 6.45) is 2.57. The minimum absolute atomic E-state index is 0.173. The fraction of sp³-hybridized carbons (Fsp3) is 0.136. The Hall–Kier alpha value is -4.10. The third-order valence-electron chi connectivity index (χ3n) is 4.17. The van der Waals surface area contributed by atoms with Crippen molar-refractivity contribution in [1.82, 2.24) is 5.32 Å². The lowest BCUT2D eigenvalue weighted by Crippen LogP contribution is -2.19. The predicted octanol–water partition coefficient (Wildman–Crippen LogP) is 2.76. The van der Waals surface area contributed by atoms with Crippen LogP contribution in [0.25, 0.3) is 0 Å². The molecule has 3 rings (SSSR count). The number of nitriles is 1. The van der Waals surface area contributed by atoms with Gasteiger partial charge in [0.1, 0.15) is 6.61 Å². The summed E-state index contributed by atoms with van der Waals surface area (Å²) in [6, 6.07) is 14.6. The molecule has 0 aromatic heterocycles. The SMILES string of the molecule is COC(=O)/C=C1/S/C(=N\N=Cc2ccc(OCc3ccccc3C#N)c(OC)c2)NC1=O. The number of hydrogen-bond acceptors (Lipinski definition) is 9. The van der Waals surface area contributed by atoms with Gasteiger partial charge in [0.2, 0.25) is 0 Å². The van der Waals surface area contributed by atoms with Gasteiger partial charge in [0.15, 0.2) is 16.7 Å². The normalized spacial score (nSPS) is 15.6. The Morgan fingerprint density at radius 1 is 1.22 bits per heavy atom. The average molecular weight is 450 g/mol. The molecule has 0 saturated carbocycles. The molecule has 1 aliphatic rings. The maximum Gasteiger partial charge on any atom is 0.331 e. The van der Waals surface area contributed by atoms with Crippen molar-refractivity contribution in [2.24, 2.45) is 10.2 Å². The number of hydrogen-bond donors (Lipinski definition) is 1. The van der Waals surface area contributed by atoms with Gasteiger partial charge in [-0.2, -0.15) is 10.4 Å². The third-order valence-corrected chi connectivity index (χ3v) is 5.07. The van der Waals surface area contributed by atoms with Crippen molar-refractivity contribution >= 4 is 35.0 Å². The van der Waals surface area contributed by atoms with Crippen LogP contribution in [0.1, 0.15) is 16.7 Å². The number of esters is 1. The molecule has 0 atom stereocenters. The van der Waals surface area contributed by atoms with Gasteiger partial charge in [-0.15, -0.1) is 5.10 Å². The Kier molecular flexibility index (Phi) is 7.61. The molecule has 9 nitrogen and oxygen atoms in total. The Labute approximate surface area is 188 Å². The molecule has 0 spiro atoms. The van der Waals surface area contributed by atoms with Crippen LogP contribution in [0.3, 0.4) is 0 Å². The summed E-state index contributed by atoms with van der Waals surface area (Å²) in [5.74, 6) is -0.0730. The monoisotopic (exact) mass is 450 g/mol. The van der Waals surface area contributed by atoms with E-state index in [2.05, 4.69) is 26.3 Å². The van der Waals surface area contributed by atoms with Gasteiger partial charge >= 0.3 is 5.97 Å². The molecule has 1 aliphatic heterocycles. The molecule has 1 saturated heterocycles. The standard InChI is InChI=1S/C22H18N4O5S/c1-29-18-9-14(7-8-17(18)31-13-16-6-4-3-5-15(16)11-23)12-24-26-22-25-21(28)19(32-22)10-20(27)30-2/h3-10,12H,13H2,1-2H3,(H,25,26,28)/b19-10+,24-12?. The Morgan fingerprint density at radius 2 is 2.03 bits per heavy atom.